The van der Waals surface area contributed by atoms with Crippen molar-refractivity contribution in [1.29, 1.82) is 0 Å². The van der Waals surface area contributed by atoms with Gasteiger partial charge in [0.05, 0.1) is 19.9 Å². The monoisotopic (exact) mass is 293 g/mol. The number of rotatable bonds is 5. The molecule has 2 rings (SSSR count). The summed E-state index contributed by atoms with van der Waals surface area (Å²) in [6, 6.07) is 1.80. The molecule has 21 heavy (non-hydrogen) atoms. The maximum atomic E-state index is 9.04. The number of likely N-dealkylation sites (tertiary alicyclic amines) is 1. The van der Waals surface area contributed by atoms with Crippen LogP contribution in [-0.2, 0) is 6.54 Å². The molecule has 2 heterocycles. The van der Waals surface area contributed by atoms with Gasteiger partial charge in [-0.25, -0.2) is 0 Å². The second-order valence-electron chi connectivity index (χ2n) is 5.17. The SMILES string of the molecule is CCC1CN(Cc2nccc(OC)c2OC)CC/C1=N\O. The Morgan fingerprint density at radius 3 is 2.86 bits per heavy atom. The van der Waals surface area contributed by atoms with Gasteiger partial charge < -0.3 is 14.7 Å². The molecule has 1 atom stereocenters. The van der Waals surface area contributed by atoms with Crippen LogP contribution in [0.5, 0.6) is 11.5 Å². The van der Waals surface area contributed by atoms with Gasteiger partial charge in [-0.2, -0.15) is 0 Å². The van der Waals surface area contributed by atoms with E-state index in [1.807, 2.05) is 0 Å². The quantitative estimate of drug-likeness (QED) is 0.665. The van der Waals surface area contributed by atoms with Crippen LogP contribution >= 0.6 is 0 Å². The highest BCUT2D eigenvalue weighted by atomic mass is 16.5. The highest BCUT2D eigenvalue weighted by Gasteiger charge is 2.26. The summed E-state index contributed by atoms with van der Waals surface area (Å²) in [5.41, 5.74) is 1.77. The molecule has 1 aromatic heterocycles. The Hall–Kier alpha value is -1.82. The molecule has 116 valence electrons. The molecule has 0 aromatic carbocycles. The Bertz CT molecular complexity index is 505. The molecule has 1 saturated heterocycles. The average molecular weight is 293 g/mol. The summed E-state index contributed by atoms with van der Waals surface area (Å²) >= 11 is 0. The molecule has 0 spiro atoms. The van der Waals surface area contributed by atoms with E-state index in [0.717, 1.165) is 37.3 Å². The van der Waals surface area contributed by atoms with E-state index in [9.17, 15) is 0 Å². The first-order chi connectivity index (χ1) is 10.2. The van der Waals surface area contributed by atoms with Gasteiger partial charge in [-0.05, 0) is 6.42 Å². The van der Waals surface area contributed by atoms with E-state index in [2.05, 4.69) is 22.0 Å². The van der Waals surface area contributed by atoms with Gasteiger partial charge in [0.1, 0.15) is 5.69 Å². The van der Waals surface area contributed by atoms with Crippen LogP contribution < -0.4 is 9.47 Å². The Labute approximate surface area is 125 Å². The first kappa shape index (κ1) is 15.6. The van der Waals surface area contributed by atoms with Crippen LogP contribution in [0.1, 0.15) is 25.5 Å². The molecule has 0 saturated carbocycles. The zero-order chi connectivity index (χ0) is 15.2. The predicted molar refractivity (Wildman–Crippen MR) is 80.2 cm³/mol. The largest absolute Gasteiger partial charge is 0.493 e. The second kappa shape index (κ2) is 7.26. The van der Waals surface area contributed by atoms with Crippen LogP contribution in [0, 0.1) is 5.92 Å². The molecule has 1 aliphatic rings. The summed E-state index contributed by atoms with van der Waals surface area (Å²) in [7, 11) is 3.25. The zero-order valence-electron chi connectivity index (χ0n) is 12.9. The summed E-state index contributed by atoms with van der Waals surface area (Å²) < 4.78 is 10.7. The van der Waals surface area contributed by atoms with E-state index in [1.165, 1.54) is 0 Å². The lowest BCUT2D eigenvalue weighted by atomic mass is 9.93. The molecule has 1 aromatic rings. The lowest BCUT2D eigenvalue weighted by Gasteiger charge is -2.32. The Kier molecular flexibility index (Phi) is 5.38. The summed E-state index contributed by atoms with van der Waals surface area (Å²) in [6.07, 6.45) is 3.50. The number of oxime groups is 1. The Balaban J connectivity index is 2.12. The molecule has 6 nitrogen and oxygen atoms in total. The van der Waals surface area contributed by atoms with Crippen molar-refractivity contribution < 1.29 is 14.7 Å². The maximum absolute atomic E-state index is 9.04. The topological polar surface area (TPSA) is 67.2 Å². The van der Waals surface area contributed by atoms with E-state index in [4.69, 9.17) is 14.7 Å². The molecule has 0 radical (unpaired) electrons. The molecule has 1 fully saturated rings. The third kappa shape index (κ3) is 3.44. The van der Waals surface area contributed by atoms with Crippen LogP contribution in [0.15, 0.2) is 17.4 Å². The highest BCUT2D eigenvalue weighted by Crippen LogP contribution is 2.30. The molecule has 0 aliphatic carbocycles. The summed E-state index contributed by atoms with van der Waals surface area (Å²) in [4.78, 5) is 6.73. The highest BCUT2D eigenvalue weighted by molar-refractivity contribution is 5.87. The molecule has 1 aliphatic heterocycles. The van der Waals surface area contributed by atoms with E-state index < -0.39 is 0 Å². The molecule has 0 bridgehead atoms. The fraction of sp³-hybridized carbons (Fsp3) is 0.600. The molecular formula is C15H23N3O3. The van der Waals surface area contributed by atoms with Crippen molar-refractivity contribution >= 4 is 5.71 Å². The standard InChI is InChI=1S/C15H23N3O3/c1-4-11-9-18(8-6-12(11)17-19)10-13-15(21-3)14(20-2)5-7-16-13/h5,7,11,19H,4,6,8-10H2,1-3H3/b17-12+. The van der Waals surface area contributed by atoms with E-state index in [-0.39, 0.29) is 0 Å². The summed E-state index contributed by atoms with van der Waals surface area (Å²) in [5.74, 6) is 1.69. The van der Waals surface area contributed by atoms with Crippen molar-refractivity contribution in [1.82, 2.24) is 9.88 Å². The summed E-state index contributed by atoms with van der Waals surface area (Å²) in [6.45, 7) is 4.55. The Morgan fingerprint density at radius 2 is 2.24 bits per heavy atom. The van der Waals surface area contributed by atoms with Gasteiger partial charge >= 0.3 is 0 Å². The number of ether oxygens (including phenoxy) is 2. The number of aromatic nitrogens is 1. The van der Waals surface area contributed by atoms with Crippen molar-refractivity contribution in [3.8, 4) is 11.5 Å². The van der Waals surface area contributed by atoms with Crippen molar-refractivity contribution in [2.45, 2.75) is 26.3 Å². The van der Waals surface area contributed by atoms with Crippen molar-refractivity contribution in [2.24, 2.45) is 11.1 Å². The fourth-order valence-electron chi connectivity index (χ4n) is 2.80. The number of methoxy groups -OCH3 is 2. The van der Waals surface area contributed by atoms with Gasteiger partial charge in [-0.15, -0.1) is 0 Å². The molecule has 1 N–H and O–H groups in total. The Morgan fingerprint density at radius 1 is 1.43 bits per heavy atom. The molecule has 0 amide bonds. The van der Waals surface area contributed by atoms with E-state index in [1.54, 1.807) is 26.5 Å². The van der Waals surface area contributed by atoms with E-state index in [0.29, 0.717) is 24.0 Å². The van der Waals surface area contributed by atoms with Gasteiger partial charge in [-0.1, -0.05) is 12.1 Å². The first-order valence-electron chi connectivity index (χ1n) is 7.22. The van der Waals surface area contributed by atoms with Crippen LogP contribution in [-0.4, -0.2) is 48.1 Å². The zero-order valence-corrected chi connectivity index (χ0v) is 12.9. The van der Waals surface area contributed by atoms with Crippen LogP contribution in [0.25, 0.3) is 0 Å². The molecule has 1 unspecified atom stereocenters. The lowest BCUT2D eigenvalue weighted by Crippen LogP contribution is -2.40. The third-order valence-corrected chi connectivity index (χ3v) is 3.99. The summed E-state index contributed by atoms with van der Waals surface area (Å²) in [5, 5.41) is 12.5. The van der Waals surface area contributed by atoms with E-state index >= 15 is 0 Å². The minimum Gasteiger partial charge on any atom is -0.493 e. The van der Waals surface area contributed by atoms with Gasteiger partial charge in [0.15, 0.2) is 11.5 Å². The predicted octanol–water partition coefficient (Wildman–Crippen LogP) is 2.16. The first-order valence-corrected chi connectivity index (χ1v) is 7.22. The van der Waals surface area contributed by atoms with Crippen LogP contribution in [0.4, 0.5) is 0 Å². The smallest absolute Gasteiger partial charge is 0.183 e. The lowest BCUT2D eigenvalue weighted by molar-refractivity contribution is 0.214. The molecular weight excluding hydrogens is 270 g/mol. The molecule has 6 heteroatoms. The normalized spacial score (nSPS) is 21.5. The average Bonchev–Trinajstić information content (AvgIpc) is 2.54. The second-order valence-corrected chi connectivity index (χ2v) is 5.17. The van der Waals surface area contributed by atoms with Gasteiger partial charge in [0, 0.05) is 44.2 Å². The minimum atomic E-state index is 0.306. The van der Waals surface area contributed by atoms with Crippen molar-refractivity contribution in [2.75, 3.05) is 27.3 Å². The maximum Gasteiger partial charge on any atom is 0.183 e. The number of nitrogens with zero attached hydrogens (tertiary/aromatic N) is 3. The van der Waals surface area contributed by atoms with Gasteiger partial charge in [-0.3, -0.25) is 9.88 Å². The number of pyridine rings is 1. The third-order valence-electron chi connectivity index (χ3n) is 3.99. The van der Waals surface area contributed by atoms with Crippen molar-refractivity contribution in [3.05, 3.63) is 18.0 Å². The van der Waals surface area contributed by atoms with Crippen molar-refractivity contribution in [3.63, 3.8) is 0 Å². The van der Waals surface area contributed by atoms with Gasteiger partial charge in [0.2, 0.25) is 0 Å². The van der Waals surface area contributed by atoms with Crippen LogP contribution in [0.2, 0.25) is 0 Å². The van der Waals surface area contributed by atoms with Gasteiger partial charge in [0.25, 0.3) is 0 Å². The number of piperidine rings is 1. The minimum absolute atomic E-state index is 0.306. The number of hydrogen-bond donors (Lipinski definition) is 1. The fourth-order valence-corrected chi connectivity index (χ4v) is 2.80. The van der Waals surface area contributed by atoms with Crippen LogP contribution in [0.3, 0.4) is 0 Å². The number of hydrogen-bond acceptors (Lipinski definition) is 6.